The summed E-state index contributed by atoms with van der Waals surface area (Å²) < 4.78 is 0. The molecule has 3 unspecified atom stereocenters. The van der Waals surface area contributed by atoms with Crippen molar-refractivity contribution in [1.29, 1.82) is 0 Å². The van der Waals surface area contributed by atoms with Gasteiger partial charge < -0.3 is 0 Å². The van der Waals surface area contributed by atoms with Gasteiger partial charge >= 0.3 is 0 Å². The molecule has 0 aliphatic heterocycles. The maximum absolute atomic E-state index is 11.0. The third-order valence-corrected chi connectivity index (χ3v) is 5.47. The molecular weight excluding hydrogens is 236 g/mol. The third-order valence-electron chi connectivity index (χ3n) is 5.47. The van der Waals surface area contributed by atoms with Gasteiger partial charge in [0.25, 0.3) is 0 Å². The second-order valence-corrected chi connectivity index (χ2v) is 6.58. The van der Waals surface area contributed by atoms with E-state index in [1.54, 1.807) is 0 Å². The fourth-order valence-electron chi connectivity index (χ4n) is 5.32. The minimum Gasteiger partial charge on any atom is -0.265 e. The Morgan fingerprint density at radius 2 is 1.61 bits per heavy atom. The van der Waals surface area contributed by atoms with E-state index in [2.05, 4.69) is 0 Å². The molecule has 0 spiro atoms. The van der Waals surface area contributed by atoms with Crippen molar-refractivity contribution >= 4 is 0 Å². The van der Waals surface area contributed by atoms with Gasteiger partial charge in [-0.15, -0.1) is 0 Å². The lowest BCUT2D eigenvalue weighted by Crippen LogP contribution is -2.57. The SMILES string of the molecule is O=[N+]([O-])CC1C2C[C@@H]3C[C@H](C2)CC1(C[N+](=O)[O-])C3. The van der Waals surface area contributed by atoms with Crippen LogP contribution in [0.2, 0.25) is 0 Å². The topological polar surface area (TPSA) is 86.3 Å². The first-order valence-corrected chi connectivity index (χ1v) is 6.72. The summed E-state index contributed by atoms with van der Waals surface area (Å²) >= 11 is 0. The van der Waals surface area contributed by atoms with Crippen molar-refractivity contribution in [3.8, 4) is 0 Å². The van der Waals surface area contributed by atoms with Crippen LogP contribution in [0.5, 0.6) is 0 Å². The summed E-state index contributed by atoms with van der Waals surface area (Å²) in [6.07, 6.45) is 5.02. The molecule has 0 aromatic heterocycles. The largest absolute Gasteiger partial charge is 0.265 e. The number of nitrogens with zero attached hydrogens (tertiary/aromatic N) is 2. The van der Waals surface area contributed by atoms with Crippen LogP contribution in [0.3, 0.4) is 0 Å². The number of nitro groups is 2. The standard InChI is InChI=1S/C12H18N2O4/c15-13(16)6-11-10-2-8-1-9(3-10)5-12(11,4-8)7-14(17)18/h8-11H,1-7H2/t8-,9+,10?,11?,12?. The summed E-state index contributed by atoms with van der Waals surface area (Å²) in [4.78, 5) is 21.3. The molecule has 4 aliphatic rings. The minimum absolute atomic E-state index is 0.0605. The van der Waals surface area contributed by atoms with E-state index in [0.717, 1.165) is 25.7 Å². The zero-order valence-corrected chi connectivity index (χ0v) is 10.3. The summed E-state index contributed by atoms with van der Waals surface area (Å²) in [5.74, 6) is 1.48. The summed E-state index contributed by atoms with van der Waals surface area (Å²) in [5.41, 5.74) is -0.370. The minimum atomic E-state index is -0.370. The van der Waals surface area contributed by atoms with Crippen LogP contribution in [-0.4, -0.2) is 22.9 Å². The predicted octanol–water partition coefficient (Wildman–Crippen LogP) is 1.98. The first-order chi connectivity index (χ1) is 8.48. The average molecular weight is 254 g/mol. The Labute approximate surface area is 105 Å². The highest BCUT2D eigenvalue weighted by Gasteiger charge is 2.60. The molecule has 0 aromatic carbocycles. The van der Waals surface area contributed by atoms with Crippen molar-refractivity contribution in [3.63, 3.8) is 0 Å². The highest BCUT2D eigenvalue weighted by atomic mass is 16.6. The van der Waals surface area contributed by atoms with E-state index >= 15 is 0 Å². The Morgan fingerprint density at radius 1 is 1.00 bits per heavy atom. The van der Waals surface area contributed by atoms with Crippen LogP contribution in [-0.2, 0) is 0 Å². The van der Waals surface area contributed by atoms with Gasteiger partial charge in [0.05, 0.1) is 0 Å². The van der Waals surface area contributed by atoms with Gasteiger partial charge in [0.1, 0.15) is 0 Å². The summed E-state index contributed by atoms with van der Waals surface area (Å²) in [5, 5.41) is 21.8. The first kappa shape index (κ1) is 11.9. The first-order valence-electron chi connectivity index (χ1n) is 6.72. The van der Waals surface area contributed by atoms with Crippen molar-refractivity contribution in [2.24, 2.45) is 29.1 Å². The molecule has 4 fully saturated rings. The zero-order valence-electron chi connectivity index (χ0n) is 10.3. The van der Waals surface area contributed by atoms with Crippen molar-refractivity contribution in [3.05, 3.63) is 20.2 Å². The van der Waals surface area contributed by atoms with Crippen LogP contribution in [0.1, 0.15) is 32.1 Å². The van der Waals surface area contributed by atoms with Gasteiger partial charge in [0, 0.05) is 21.2 Å². The van der Waals surface area contributed by atoms with Crippen LogP contribution in [0, 0.1) is 49.3 Å². The number of rotatable bonds is 4. The van der Waals surface area contributed by atoms with Gasteiger partial charge in [-0.05, 0) is 49.9 Å². The molecule has 4 rings (SSSR count). The highest BCUT2D eigenvalue weighted by Crippen LogP contribution is 2.62. The Kier molecular flexibility index (Phi) is 2.57. The molecular formula is C12H18N2O4. The molecule has 4 saturated carbocycles. The smallest absolute Gasteiger partial charge is 0.209 e. The van der Waals surface area contributed by atoms with E-state index in [4.69, 9.17) is 0 Å². The van der Waals surface area contributed by atoms with E-state index in [-0.39, 0.29) is 34.3 Å². The number of hydrogen-bond donors (Lipinski definition) is 0. The quantitative estimate of drug-likeness (QED) is 0.567. The van der Waals surface area contributed by atoms with Gasteiger partial charge in [-0.3, -0.25) is 20.2 Å². The van der Waals surface area contributed by atoms with Crippen LogP contribution in [0.15, 0.2) is 0 Å². The van der Waals surface area contributed by atoms with Crippen LogP contribution in [0.4, 0.5) is 0 Å². The fraction of sp³-hybridized carbons (Fsp3) is 1.00. The van der Waals surface area contributed by atoms with Gasteiger partial charge in [0.15, 0.2) is 0 Å². The normalized spacial score (nSPS) is 45.1. The van der Waals surface area contributed by atoms with E-state index in [1.165, 1.54) is 6.42 Å². The van der Waals surface area contributed by atoms with E-state index in [9.17, 15) is 20.2 Å². The second kappa shape index (κ2) is 3.90. The Bertz CT molecular complexity index is 384. The predicted molar refractivity (Wildman–Crippen MR) is 63.2 cm³/mol. The second-order valence-electron chi connectivity index (χ2n) is 6.58. The molecule has 0 amide bonds. The van der Waals surface area contributed by atoms with Crippen molar-refractivity contribution in [2.75, 3.05) is 13.1 Å². The zero-order chi connectivity index (χ0) is 12.9. The molecule has 6 heteroatoms. The highest BCUT2D eigenvalue weighted by molar-refractivity contribution is 5.05. The van der Waals surface area contributed by atoms with Crippen LogP contribution < -0.4 is 0 Å². The lowest BCUT2D eigenvalue weighted by atomic mass is 9.45. The molecule has 6 nitrogen and oxygen atoms in total. The number of hydrogen-bond acceptors (Lipinski definition) is 4. The van der Waals surface area contributed by atoms with E-state index in [1.807, 2.05) is 0 Å². The van der Waals surface area contributed by atoms with E-state index in [0.29, 0.717) is 17.8 Å². The molecule has 5 atom stereocenters. The third kappa shape index (κ3) is 1.78. The monoisotopic (exact) mass is 254 g/mol. The molecule has 0 radical (unpaired) electrons. The molecule has 4 aliphatic carbocycles. The van der Waals surface area contributed by atoms with Crippen molar-refractivity contribution in [2.45, 2.75) is 32.1 Å². The van der Waals surface area contributed by atoms with Gasteiger partial charge in [-0.25, -0.2) is 0 Å². The maximum Gasteiger partial charge on any atom is 0.209 e. The van der Waals surface area contributed by atoms with Crippen LogP contribution >= 0.6 is 0 Å². The maximum atomic E-state index is 11.0. The van der Waals surface area contributed by atoms with Crippen molar-refractivity contribution in [1.82, 2.24) is 0 Å². The van der Waals surface area contributed by atoms with Gasteiger partial charge in [0.2, 0.25) is 13.1 Å². The Balaban J connectivity index is 1.90. The Hall–Kier alpha value is -1.20. The summed E-state index contributed by atoms with van der Waals surface area (Å²) in [6, 6.07) is 0. The fourth-order valence-corrected chi connectivity index (χ4v) is 5.32. The molecule has 100 valence electrons. The molecule has 0 heterocycles. The molecule has 0 aromatic rings. The average Bonchev–Trinajstić information content (AvgIpc) is 2.20. The lowest BCUT2D eigenvalue weighted by molar-refractivity contribution is -0.527. The molecule has 0 saturated heterocycles. The molecule has 4 bridgehead atoms. The van der Waals surface area contributed by atoms with Gasteiger partial charge in [-0.2, -0.15) is 0 Å². The van der Waals surface area contributed by atoms with Crippen LogP contribution in [0.25, 0.3) is 0 Å². The lowest BCUT2D eigenvalue weighted by Gasteiger charge is -2.58. The van der Waals surface area contributed by atoms with E-state index < -0.39 is 0 Å². The van der Waals surface area contributed by atoms with Gasteiger partial charge in [-0.1, -0.05) is 0 Å². The van der Waals surface area contributed by atoms with Crippen molar-refractivity contribution < 1.29 is 9.85 Å². The summed E-state index contributed by atoms with van der Waals surface area (Å²) in [7, 11) is 0. The molecule has 0 N–H and O–H groups in total. The molecule has 18 heavy (non-hydrogen) atoms. The Morgan fingerprint density at radius 3 is 2.11 bits per heavy atom. The summed E-state index contributed by atoms with van der Waals surface area (Å²) in [6.45, 7) is -0.132.